The van der Waals surface area contributed by atoms with Gasteiger partial charge >= 0.3 is 0 Å². The van der Waals surface area contributed by atoms with E-state index in [1.807, 2.05) is 24.3 Å². The van der Waals surface area contributed by atoms with Crippen LogP contribution in [-0.2, 0) is 16.6 Å². The predicted octanol–water partition coefficient (Wildman–Crippen LogP) is 4.64. The highest BCUT2D eigenvalue weighted by molar-refractivity contribution is 5.91. The number of ether oxygens (including phenoxy) is 1. The summed E-state index contributed by atoms with van der Waals surface area (Å²) in [4.78, 5) is 22.6. The summed E-state index contributed by atoms with van der Waals surface area (Å²) in [6.45, 7) is 9.82. The Morgan fingerprint density at radius 2 is 1.89 bits per heavy atom. The van der Waals surface area contributed by atoms with Crippen LogP contribution in [0, 0.1) is 10.1 Å². The number of carbonyl (C=O) groups is 1. The van der Waals surface area contributed by atoms with Gasteiger partial charge < -0.3 is 10.1 Å². The smallest absolute Gasteiger partial charge is 0.269 e. The summed E-state index contributed by atoms with van der Waals surface area (Å²) in [6.07, 6.45) is 2.04. The summed E-state index contributed by atoms with van der Waals surface area (Å²) in [5.41, 5.74) is 2.50. The number of nitrogens with zero attached hydrogens (tertiary/aromatic N) is 1. The molecule has 142 valence electrons. The van der Waals surface area contributed by atoms with Gasteiger partial charge in [0.15, 0.2) is 6.61 Å². The maximum absolute atomic E-state index is 12.1. The van der Waals surface area contributed by atoms with Crippen molar-refractivity contribution in [3.8, 4) is 5.75 Å². The molecule has 2 aromatic rings. The Hall–Kier alpha value is -3.15. The number of amides is 1. The van der Waals surface area contributed by atoms with E-state index < -0.39 is 4.92 Å². The Kier molecular flexibility index (Phi) is 6.34. The molecule has 6 heteroatoms. The third-order valence-electron chi connectivity index (χ3n) is 4.01. The third-order valence-corrected chi connectivity index (χ3v) is 4.01. The second kappa shape index (κ2) is 8.49. The van der Waals surface area contributed by atoms with Gasteiger partial charge in [0, 0.05) is 23.4 Å². The average molecular weight is 368 g/mol. The molecule has 0 bridgehead atoms. The van der Waals surface area contributed by atoms with Gasteiger partial charge in [-0.15, -0.1) is 6.58 Å². The number of nitro benzene ring substituents is 1. The maximum Gasteiger partial charge on any atom is 0.269 e. The van der Waals surface area contributed by atoms with Crippen LogP contribution in [0.2, 0.25) is 0 Å². The van der Waals surface area contributed by atoms with Crippen molar-refractivity contribution in [2.75, 3.05) is 11.9 Å². The van der Waals surface area contributed by atoms with Crippen LogP contribution in [0.5, 0.6) is 5.75 Å². The first kappa shape index (κ1) is 20.2. The van der Waals surface area contributed by atoms with Crippen molar-refractivity contribution in [2.45, 2.75) is 32.6 Å². The lowest BCUT2D eigenvalue weighted by atomic mass is 9.87. The molecule has 0 aromatic heterocycles. The van der Waals surface area contributed by atoms with Gasteiger partial charge in [-0.2, -0.15) is 0 Å². The predicted molar refractivity (Wildman–Crippen MR) is 106 cm³/mol. The highest BCUT2D eigenvalue weighted by Crippen LogP contribution is 2.25. The molecule has 2 rings (SSSR count). The van der Waals surface area contributed by atoms with Gasteiger partial charge in [0.25, 0.3) is 11.6 Å². The number of hydrogen-bond acceptors (Lipinski definition) is 4. The minimum Gasteiger partial charge on any atom is -0.483 e. The Morgan fingerprint density at radius 1 is 1.22 bits per heavy atom. The third kappa shape index (κ3) is 5.67. The first-order valence-electron chi connectivity index (χ1n) is 8.62. The number of carbonyl (C=O) groups excluding carboxylic acids is 1. The van der Waals surface area contributed by atoms with Gasteiger partial charge in [-0.05, 0) is 35.6 Å². The number of nitrogens with one attached hydrogen (secondary N) is 1. The first-order valence-corrected chi connectivity index (χ1v) is 8.62. The Bertz CT molecular complexity index is 836. The molecule has 0 radical (unpaired) electrons. The lowest BCUT2D eigenvalue weighted by Gasteiger charge is -2.19. The van der Waals surface area contributed by atoms with Crippen LogP contribution in [0.4, 0.5) is 11.4 Å². The Labute approximate surface area is 159 Å². The zero-order chi connectivity index (χ0) is 20.0. The van der Waals surface area contributed by atoms with Crippen LogP contribution in [0.1, 0.15) is 31.9 Å². The van der Waals surface area contributed by atoms with E-state index in [0.29, 0.717) is 23.4 Å². The van der Waals surface area contributed by atoms with E-state index in [0.717, 1.165) is 0 Å². The van der Waals surface area contributed by atoms with Crippen LogP contribution in [0.25, 0.3) is 0 Å². The lowest BCUT2D eigenvalue weighted by molar-refractivity contribution is -0.384. The number of non-ortho nitro benzene ring substituents is 1. The second-order valence-corrected chi connectivity index (χ2v) is 7.21. The standard InChI is InChI=1S/C21H24N2O4/c1-5-6-15-13-18(23(25)26)11-12-19(15)27-14-20(24)22-17-9-7-16(8-10-17)21(2,3)4/h5,7-13H,1,6,14H2,2-4H3,(H,22,24). The van der Waals surface area contributed by atoms with Crippen LogP contribution in [-0.4, -0.2) is 17.4 Å². The highest BCUT2D eigenvalue weighted by atomic mass is 16.6. The van der Waals surface area contributed by atoms with Crippen LogP contribution < -0.4 is 10.1 Å². The molecule has 0 saturated heterocycles. The number of nitro groups is 1. The Morgan fingerprint density at radius 3 is 2.44 bits per heavy atom. The fourth-order valence-corrected chi connectivity index (χ4v) is 2.53. The zero-order valence-electron chi connectivity index (χ0n) is 15.8. The molecule has 0 aliphatic carbocycles. The molecule has 2 aromatic carbocycles. The highest BCUT2D eigenvalue weighted by Gasteiger charge is 2.14. The van der Waals surface area contributed by atoms with Crippen molar-refractivity contribution in [1.29, 1.82) is 0 Å². The van der Waals surface area contributed by atoms with E-state index in [9.17, 15) is 14.9 Å². The van der Waals surface area contributed by atoms with Crippen molar-refractivity contribution < 1.29 is 14.5 Å². The fourth-order valence-electron chi connectivity index (χ4n) is 2.53. The van der Waals surface area contributed by atoms with Crippen molar-refractivity contribution in [3.63, 3.8) is 0 Å². The molecule has 0 saturated carbocycles. The quantitative estimate of drug-likeness (QED) is 0.438. The maximum atomic E-state index is 12.1. The molecule has 0 aliphatic heterocycles. The van der Waals surface area contributed by atoms with Crippen molar-refractivity contribution >= 4 is 17.3 Å². The first-order chi connectivity index (χ1) is 12.7. The normalized spacial score (nSPS) is 10.9. The van der Waals surface area contributed by atoms with Crippen molar-refractivity contribution in [3.05, 3.63) is 76.4 Å². The summed E-state index contributed by atoms with van der Waals surface area (Å²) < 4.78 is 5.55. The molecule has 0 atom stereocenters. The minimum atomic E-state index is -0.468. The molecule has 0 aliphatic rings. The topological polar surface area (TPSA) is 81.5 Å². The lowest BCUT2D eigenvalue weighted by Crippen LogP contribution is -2.20. The van der Waals surface area contributed by atoms with E-state index in [2.05, 4.69) is 32.7 Å². The summed E-state index contributed by atoms with van der Waals surface area (Å²) in [7, 11) is 0. The summed E-state index contributed by atoms with van der Waals surface area (Å²) in [6, 6.07) is 12.0. The number of rotatable bonds is 7. The largest absolute Gasteiger partial charge is 0.483 e. The van der Waals surface area contributed by atoms with Crippen LogP contribution in [0.15, 0.2) is 55.1 Å². The molecular weight excluding hydrogens is 344 g/mol. The average Bonchev–Trinajstić information content (AvgIpc) is 2.60. The van der Waals surface area contributed by atoms with Gasteiger partial charge in [-0.25, -0.2) is 0 Å². The molecule has 27 heavy (non-hydrogen) atoms. The monoisotopic (exact) mass is 368 g/mol. The Balaban J connectivity index is 2.01. The van der Waals surface area contributed by atoms with Gasteiger partial charge in [0.2, 0.25) is 0 Å². The van der Waals surface area contributed by atoms with Crippen molar-refractivity contribution in [1.82, 2.24) is 0 Å². The van der Waals surface area contributed by atoms with Crippen LogP contribution in [0.3, 0.4) is 0 Å². The number of hydrogen-bond donors (Lipinski definition) is 1. The van der Waals surface area contributed by atoms with Gasteiger partial charge in [-0.3, -0.25) is 14.9 Å². The van der Waals surface area contributed by atoms with E-state index in [-0.39, 0.29) is 23.6 Å². The van der Waals surface area contributed by atoms with E-state index in [1.165, 1.54) is 23.8 Å². The van der Waals surface area contributed by atoms with Gasteiger partial charge in [0.05, 0.1) is 4.92 Å². The van der Waals surface area contributed by atoms with E-state index >= 15 is 0 Å². The molecule has 1 N–H and O–H groups in total. The summed E-state index contributed by atoms with van der Waals surface area (Å²) >= 11 is 0. The zero-order valence-corrected chi connectivity index (χ0v) is 15.8. The molecule has 0 fully saturated rings. The molecule has 0 unspecified atom stereocenters. The molecule has 6 nitrogen and oxygen atoms in total. The number of benzene rings is 2. The van der Waals surface area contributed by atoms with E-state index in [4.69, 9.17) is 4.74 Å². The fraction of sp³-hybridized carbons (Fsp3) is 0.286. The summed E-state index contributed by atoms with van der Waals surface area (Å²) in [5, 5.41) is 13.7. The van der Waals surface area contributed by atoms with E-state index in [1.54, 1.807) is 6.08 Å². The van der Waals surface area contributed by atoms with Crippen LogP contribution >= 0.6 is 0 Å². The van der Waals surface area contributed by atoms with Crippen molar-refractivity contribution in [2.24, 2.45) is 0 Å². The number of anilines is 1. The molecule has 0 spiro atoms. The van der Waals surface area contributed by atoms with Gasteiger partial charge in [0.1, 0.15) is 5.75 Å². The molecular formula is C21H24N2O4. The summed E-state index contributed by atoms with van der Waals surface area (Å²) in [5.74, 6) is 0.125. The SMILES string of the molecule is C=CCc1cc([N+](=O)[O-])ccc1OCC(=O)Nc1ccc(C(C)(C)C)cc1. The number of allylic oxidation sites excluding steroid dienone is 1. The minimum absolute atomic E-state index is 0.0254. The van der Waals surface area contributed by atoms with Gasteiger partial charge in [-0.1, -0.05) is 39.0 Å². The molecule has 1 amide bonds. The second-order valence-electron chi connectivity index (χ2n) is 7.21. The molecule has 0 heterocycles.